The Morgan fingerprint density at radius 3 is 2.37 bits per heavy atom. The summed E-state index contributed by atoms with van der Waals surface area (Å²) in [5.74, 6) is 0. The number of halogens is 1. The maximum atomic E-state index is 11.4. The highest BCUT2D eigenvalue weighted by molar-refractivity contribution is 7.99. The Balaban J connectivity index is 2.27. The first kappa shape index (κ1) is 14.3. The van der Waals surface area contributed by atoms with Crippen molar-refractivity contribution in [2.75, 3.05) is 6.26 Å². The summed E-state index contributed by atoms with van der Waals surface area (Å²) < 4.78 is 22.7. The average Bonchev–Trinajstić information content (AvgIpc) is 2.35. The Hall–Kier alpha value is -1.11. The maximum absolute atomic E-state index is 11.4. The van der Waals surface area contributed by atoms with Crippen LogP contribution < -0.4 is 0 Å². The molecule has 1 aromatic heterocycles. The predicted octanol–water partition coefficient (Wildman–Crippen LogP) is 2.99. The van der Waals surface area contributed by atoms with Crippen LogP contribution in [-0.2, 0) is 9.84 Å². The van der Waals surface area contributed by atoms with Crippen LogP contribution in [0.4, 0.5) is 0 Å². The topological polar surface area (TPSA) is 59.9 Å². The standard InChI is InChI=1S/C12H11ClN2O2S2/c1-8-11(13)14-7-15-12(8)18-9-3-5-10(6-4-9)19(2,16)17/h3-7H,1-2H3. The molecule has 0 fully saturated rings. The molecule has 0 aliphatic rings. The lowest BCUT2D eigenvalue weighted by atomic mass is 10.4. The van der Waals surface area contributed by atoms with Gasteiger partial charge in [0.25, 0.3) is 0 Å². The Labute approximate surface area is 121 Å². The largest absolute Gasteiger partial charge is 0.229 e. The van der Waals surface area contributed by atoms with Gasteiger partial charge >= 0.3 is 0 Å². The van der Waals surface area contributed by atoms with Crippen LogP contribution in [0, 0.1) is 6.92 Å². The third kappa shape index (κ3) is 3.46. The molecule has 4 nitrogen and oxygen atoms in total. The van der Waals surface area contributed by atoms with E-state index in [4.69, 9.17) is 11.6 Å². The maximum Gasteiger partial charge on any atom is 0.175 e. The number of benzene rings is 1. The lowest BCUT2D eigenvalue weighted by Crippen LogP contribution is -1.96. The lowest BCUT2D eigenvalue weighted by Gasteiger charge is -2.05. The van der Waals surface area contributed by atoms with Crippen LogP contribution in [0.1, 0.15) is 5.56 Å². The second-order valence-electron chi connectivity index (χ2n) is 3.94. The van der Waals surface area contributed by atoms with Gasteiger partial charge in [0.1, 0.15) is 16.5 Å². The Bertz CT molecular complexity index is 700. The van der Waals surface area contributed by atoms with Crippen molar-refractivity contribution in [3.05, 3.63) is 41.3 Å². The third-order valence-corrected chi connectivity index (χ3v) is 5.07. The zero-order valence-corrected chi connectivity index (χ0v) is 12.7. The molecule has 0 saturated heterocycles. The van der Waals surface area contributed by atoms with E-state index in [0.717, 1.165) is 15.5 Å². The quantitative estimate of drug-likeness (QED) is 0.815. The highest BCUT2D eigenvalue weighted by Crippen LogP contribution is 2.30. The summed E-state index contributed by atoms with van der Waals surface area (Å²) in [6.45, 7) is 1.84. The molecule has 0 aliphatic carbocycles. The molecule has 1 aromatic carbocycles. The molecule has 0 N–H and O–H groups in total. The molecule has 2 aromatic rings. The van der Waals surface area contributed by atoms with Gasteiger partial charge in [-0.25, -0.2) is 18.4 Å². The van der Waals surface area contributed by atoms with Crippen LogP contribution in [0.15, 0.2) is 45.4 Å². The number of hydrogen-bond donors (Lipinski definition) is 0. The summed E-state index contributed by atoms with van der Waals surface area (Å²) in [6, 6.07) is 6.65. The molecular formula is C12H11ClN2O2S2. The smallest absolute Gasteiger partial charge is 0.175 e. The molecule has 2 rings (SSSR count). The van der Waals surface area contributed by atoms with Gasteiger partial charge in [0.2, 0.25) is 0 Å². The summed E-state index contributed by atoms with van der Waals surface area (Å²) in [5.41, 5.74) is 0.807. The predicted molar refractivity (Wildman–Crippen MR) is 75.5 cm³/mol. The molecule has 0 unspecified atom stereocenters. The van der Waals surface area contributed by atoms with Gasteiger partial charge in [-0.2, -0.15) is 0 Å². The van der Waals surface area contributed by atoms with Crippen molar-refractivity contribution in [1.82, 2.24) is 9.97 Å². The number of hydrogen-bond acceptors (Lipinski definition) is 5. The van der Waals surface area contributed by atoms with E-state index in [1.54, 1.807) is 24.3 Å². The van der Waals surface area contributed by atoms with Crippen LogP contribution in [0.25, 0.3) is 0 Å². The monoisotopic (exact) mass is 314 g/mol. The van der Waals surface area contributed by atoms with E-state index in [9.17, 15) is 8.42 Å². The SMILES string of the molecule is Cc1c(Cl)ncnc1Sc1ccc(S(C)(=O)=O)cc1. The second-order valence-corrected chi connectivity index (χ2v) is 7.38. The first-order chi connectivity index (χ1) is 8.88. The Morgan fingerprint density at radius 1 is 1.16 bits per heavy atom. The van der Waals surface area contributed by atoms with Crippen LogP contribution in [0.5, 0.6) is 0 Å². The van der Waals surface area contributed by atoms with Crippen molar-refractivity contribution < 1.29 is 8.42 Å². The molecular weight excluding hydrogens is 304 g/mol. The van der Waals surface area contributed by atoms with Gasteiger partial charge < -0.3 is 0 Å². The zero-order valence-electron chi connectivity index (χ0n) is 10.3. The molecule has 19 heavy (non-hydrogen) atoms. The van der Waals surface area contributed by atoms with Gasteiger partial charge in [-0.3, -0.25) is 0 Å². The van der Waals surface area contributed by atoms with Gasteiger partial charge in [-0.15, -0.1) is 0 Å². The van der Waals surface area contributed by atoms with E-state index >= 15 is 0 Å². The van der Waals surface area contributed by atoms with E-state index in [0.29, 0.717) is 10.0 Å². The Kier molecular flexibility index (Phi) is 4.13. The van der Waals surface area contributed by atoms with Crippen molar-refractivity contribution in [3.63, 3.8) is 0 Å². The normalized spacial score (nSPS) is 11.5. The second kappa shape index (κ2) is 5.48. The summed E-state index contributed by atoms with van der Waals surface area (Å²) in [4.78, 5) is 9.24. The fourth-order valence-corrected chi connectivity index (χ4v) is 3.05. The van der Waals surface area contributed by atoms with Crippen LogP contribution in [-0.4, -0.2) is 24.6 Å². The van der Waals surface area contributed by atoms with Crippen LogP contribution in [0.2, 0.25) is 5.15 Å². The molecule has 0 aliphatic heterocycles. The summed E-state index contributed by atoms with van der Waals surface area (Å²) >= 11 is 7.34. The number of sulfone groups is 1. The van der Waals surface area contributed by atoms with Crippen LogP contribution >= 0.6 is 23.4 Å². The van der Waals surface area contributed by atoms with E-state index < -0.39 is 9.84 Å². The molecule has 0 radical (unpaired) electrons. The van der Waals surface area contributed by atoms with Gasteiger partial charge in [-0.1, -0.05) is 23.4 Å². The van der Waals surface area contributed by atoms with Crippen molar-refractivity contribution in [2.45, 2.75) is 21.7 Å². The first-order valence-corrected chi connectivity index (χ1v) is 8.41. The molecule has 0 atom stereocenters. The van der Waals surface area contributed by atoms with Gasteiger partial charge in [0.15, 0.2) is 9.84 Å². The summed E-state index contributed by atoms with van der Waals surface area (Å²) in [6.07, 6.45) is 2.59. The fourth-order valence-electron chi connectivity index (χ4n) is 1.38. The number of rotatable bonds is 3. The third-order valence-electron chi connectivity index (χ3n) is 2.44. The summed E-state index contributed by atoms with van der Waals surface area (Å²) in [5, 5.41) is 1.18. The highest BCUT2D eigenvalue weighted by Gasteiger charge is 2.09. The lowest BCUT2D eigenvalue weighted by molar-refractivity contribution is 0.602. The number of aromatic nitrogens is 2. The Morgan fingerprint density at radius 2 is 1.79 bits per heavy atom. The molecule has 0 bridgehead atoms. The summed E-state index contributed by atoms with van der Waals surface area (Å²) in [7, 11) is -3.16. The van der Waals surface area contributed by atoms with E-state index in [2.05, 4.69) is 9.97 Å². The van der Waals surface area contributed by atoms with Crippen molar-refractivity contribution in [3.8, 4) is 0 Å². The molecule has 100 valence electrons. The molecule has 0 saturated carbocycles. The van der Waals surface area contributed by atoms with E-state index in [1.165, 1.54) is 24.3 Å². The van der Waals surface area contributed by atoms with E-state index in [-0.39, 0.29) is 0 Å². The molecule has 0 spiro atoms. The highest BCUT2D eigenvalue weighted by atomic mass is 35.5. The van der Waals surface area contributed by atoms with Crippen LogP contribution in [0.3, 0.4) is 0 Å². The van der Waals surface area contributed by atoms with Crippen molar-refractivity contribution in [1.29, 1.82) is 0 Å². The van der Waals surface area contributed by atoms with Crippen molar-refractivity contribution >= 4 is 33.2 Å². The minimum absolute atomic E-state index is 0.300. The first-order valence-electron chi connectivity index (χ1n) is 5.33. The molecule has 1 heterocycles. The number of nitrogens with zero attached hydrogens (tertiary/aromatic N) is 2. The van der Waals surface area contributed by atoms with Gasteiger partial charge in [0.05, 0.1) is 4.90 Å². The fraction of sp³-hybridized carbons (Fsp3) is 0.167. The molecule has 0 amide bonds. The zero-order chi connectivity index (χ0) is 14.0. The minimum Gasteiger partial charge on any atom is -0.229 e. The average molecular weight is 315 g/mol. The minimum atomic E-state index is -3.16. The van der Waals surface area contributed by atoms with Crippen molar-refractivity contribution in [2.24, 2.45) is 0 Å². The van der Waals surface area contributed by atoms with E-state index in [1.807, 2.05) is 6.92 Å². The van der Waals surface area contributed by atoms with Gasteiger partial charge in [-0.05, 0) is 31.2 Å². The molecule has 7 heteroatoms. The van der Waals surface area contributed by atoms with Gasteiger partial charge in [0, 0.05) is 16.7 Å².